The first kappa shape index (κ1) is 8.53. The summed E-state index contributed by atoms with van der Waals surface area (Å²) in [5.41, 5.74) is 0. The molecule has 1 heterocycles. The van der Waals surface area contributed by atoms with Gasteiger partial charge in [0, 0.05) is 11.3 Å². The van der Waals surface area contributed by atoms with Gasteiger partial charge in [0.25, 0.3) is 0 Å². The fraction of sp³-hybridized carbons (Fsp3) is 0.625. The molecule has 62 valence electrons. The maximum atomic E-state index is 10.7. The third-order valence-electron chi connectivity index (χ3n) is 1.43. The van der Waals surface area contributed by atoms with E-state index in [4.69, 9.17) is 4.42 Å². The van der Waals surface area contributed by atoms with Crippen LogP contribution in [-0.4, -0.2) is 0 Å². The number of rotatable bonds is 2. The lowest BCUT2D eigenvalue weighted by Crippen LogP contribution is -1.94. The van der Waals surface area contributed by atoms with E-state index < -0.39 is 0 Å². The van der Waals surface area contributed by atoms with Crippen molar-refractivity contribution >= 4 is 11.3 Å². The van der Waals surface area contributed by atoms with E-state index in [1.54, 1.807) is 0 Å². The number of hydrogen-bond acceptors (Lipinski definition) is 3. The fourth-order valence-electron chi connectivity index (χ4n) is 0.931. The van der Waals surface area contributed by atoms with Gasteiger partial charge in [-0.1, -0.05) is 25.2 Å². The highest BCUT2D eigenvalue weighted by atomic mass is 32.1. The average molecular weight is 172 g/mol. The van der Waals surface area contributed by atoms with Crippen molar-refractivity contribution in [2.24, 2.45) is 5.92 Å². The van der Waals surface area contributed by atoms with Gasteiger partial charge >= 0.3 is 4.94 Å². The highest BCUT2D eigenvalue weighted by Gasteiger charge is 2.07. The number of hydrogen-bond donors (Lipinski definition) is 0. The monoisotopic (exact) mass is 172 g/mol. The second-order valence-corrected chi connectivity index (χ2v) is 4.18. The van der Waals surface area contributed by atoms with Crippen molar-refractivity contribution < 1.29 is 4.42 Å². The topological polar surface area (TPSA) is 30.2 Å². The molecule has 0 saturated heterocycles. The first-order chi connectivity index (χ1) is 5.09. The molecule has 0 aliphatic heterocycles. The lowest BCUT2D eigenvalue weighted by atomic mass is 10.1. The lowest BCUT2D eigenvalue weighted by Gasteiger charge is -1.99. The molecule has 3 heteroatoms. The quantitative estimate of drug-likeness (QED) is 0.684. The van der Waals surface area contributed by atoms with Crippen LogP contribution in [0.15, 0.2) is 9.21 Å². The van der Waals surface area contributed by atoms with Crippen molar-refractivity contribution in [3.05, 3.63) is 20.4 Å². The Kier molecular flexibility index (Phi) is 2.49. The number of aryl methyl sites for hydroxylation is 1. The molecule has 1 aromatic heterocycles. The van der Waals surface area contributed by atoms with E-state index in [2.05, 4.69) is 13.8 Å². The van der Waals surface area contributed by atoms with Crippen molar-refractivity contribution in [1.29, 1.82) is 0 Å². The van der Waals surface area contributed by atoms with Crippen molar-refractivity contribution in [2.75, 3.05) is 0 Å². The smallest absolute Gasteiger partial charge is 0.395 e. The zero-order valence-electron chi connectivity index (χ0n) is 7.01. The van der Waals surface area contributed by atoms with Gasteiger partial charge in [0.05, 0.1) is 0 Å². The lowest BCUT2D eigenvalue weighted by molar-refractivity contribution is 0.450. The molecule has 0 aliphatic carbocycles. The van der Waals surface area contributed by atoms with Crippen molar-refractivity contribution in [3.63, 3.8) is 0 Å². The molecule has 0 radical (unpaired) electrons. The van der Waals surface area contributed by atoms with Gasteiger partial charge in [-0.05, 0) is 12.8 Å². The van der Waals surface area contributed by atoms with Gasteiger partial charge in [-0.25, -0.2) is 4.79 Å². The van der Waals surface area contributed by atoms with Gasteiger partial charge < -0.3 is 4.42 Å². The molecule has 0 N–H and O–H groups in total. The largest absolute Gasteiger partial charge is 0.419 e. The van der Waals surface area contributed by atoms with E-state index in [-0.39, 0.29) is 4.94 Å². The SMILES string of the molecule is Cc1sc(=O)oc1CC(C)C. The summed E-state index contributed by atoms with van der Waals surface area (Å²) in [6.45, 7) is 6.14. The molecule has 0 fully saturated rings. The third-order valence-corrected chi connectivity index (χ3v) is 2.21. The van der Waals surface area contributed by atoms with Crippen LogP contribution < -0.4 is 4.94 Å². The first-order valence-corrected chi connectivity index (χ1v) is 4.50. The molecule has 0 atom stereocenters. The maximum Gasteiger partial charge on any atom is 0.395 e. The molecule has 0 bridgehead atoms. The van der Waals surface area contributed by atoms with E-state index in [0.29, 0.717) is 5.92 Å². The van der Waals surface area contributed by atoms with E-state index in [0.717, 1.165) is 17.1 Å². The van der Waals surface area contributed by atoms with Crippen molar-refractivity contribution in [1.82, 2.24) is 0 Å². The summed E-state index contributed by atoms with van der Waals surface area (Å²) in [6.07, 6.45) is 0.866. The van der Waals surface area contributed by atoms with Crippen LogP contribution >= 0.6 is 11.3 Å². The standard InChI is InChI=1S/C8H12O2S/c1-5(2)4-7-6(3)11-8(9)10-7/h5H,4H2,1-3H3. The average Bonchev–Trinajstić information content (AvgIpc) is 2.09. The van der Waals surface area contributed by atoms with E-state index in [1.807, 2.05) is 6.92 Å². The second-order valence-electron chi connectivity index (χ2n) is 3.03. The molecule has 0 aromatic carbocycles. The van der Waals surface area contributed by atoms with Crippen LogP contribution in [0.4, 0.5) is 0 Å². The van der Waals surface area contributed by atoms with Gasteiger partial charge in [0.2, 0.25) is 0 Å². The predicted octanol–water partition coefficient (Wildman–Crippen LogP) is 2.21. The molecule has 0 amide bonds. The molecule has 2 nitrogen and oxygen atoms in total. The molecule has 0 saturated carbocycles. The molecule has 1 aromatic rings. The summed E-state index contributed by atoms with van der Waals surface area (Å²) in [6, 6.07) is 0. The summed E-state index contributed by atoms with van der Waals surface area (Å²) in [4.78, 5) is 11.6. The molecular formula is C8H12O2S. The minimum atomic E-state index is -0.182. The van der Waals surface area contributed by atoms with Gasteiger partial charge in [-0.3, -0.25) is 0 Å². The van der Waals surface area contributed by atoms with Gasteiger partial charge in [-0.2, -0.15) is 0 Å². The molecular weight excluding hydrogens is 160 g/mol. The van der Waals surface area contributed by atoms with Gasteiger partial charge in [-0.15, -0.1) is 0 Å². The summed E-state index contributed by atoms with van der Waals surface area (Å²) in [5.74, 6) is 1.40. The molecule has 1 rings (SSSR count). The van der Waals surface area contributed by atoms with Crippen molar-refractivity contribution in [2.45, 2.75) is 27.2 Å². The summed E-state index contributed by atoms with van der Waals surface area (Å²) >= 11 is 1.19. The summed E-state index contributed by atoms with van der Waals surface area (Å²) in [5, 5.41) is 0. The minimum Gasteiger partial charge on any atom is -0.419 e. The Balaban J connectivity index is 2.86. The molecule has 11 heavy (non-hydrogen) atoms. The van der Waals surface area contributed by atoms with Crippen LogP contribution in [0.2, 0.25) is 0 Å². The highest BCUT2D eigenvalue weighted by Crippen LogP contribution is 2.14. The molecule has 0 spiro atoms. The van der Waals surface area contributed by atoms with Crippen LogP contribution in [0, 0.1) is 12.8 Å². The third kappa shape index (κ3) is 2.19. The normalized spacial score (nSPS) is 10.9. The Labute approximate surface area is 69.9 Å². The fourth-order valence-corrected chi connectivity index (χ4v) is 1.56. The second kappa shape index (κ2) is 3.22. The summed E-state index contributed by atoms with van der Waals surface area (Å²) in [7, 11) is 0. The highest BCUT2D eigenvalue weighted by molar-refractivity contribution is 7.09. The predicted molar refractivity (Wildman–Crippen MR) is 46.1 cm³/mol. The summed E-state index contributed by atoms with van der Waals surface area (Å²) < 4.78 is 4.99. The van der Waals surface area contributed by atoms with Crippen LogP contribution in [-0.2, 0) is 6.42 Å². The molecule has 0 aliphatic rings. The first-order valence-electron chi connectivity index (χ1n) is 3.69. The molecule has 0 unspecified atom stereocenters. The zero-order valence-corrected chi connectivity index (χ0v) is 7.83. The van der Waals surface area contributed by atoms with E-state index in [9.17, 15) is 4.79 Å². The van der Waals surface area contributed by atoms with Crippen LogP contribution in [0.5, 0.6) is 0 Å². The van der Waals surface area contributed by atoms with Crippen LogP contribution in [0.3, 0.4) is 0 Å². The Hall–Kier alpha value is -0.570. The minimum absolute atomic E-state index is 0.182. The van der Waals surface area contributed by atoms with Gasteiger partial charge in [0.1, 0.15) is 5.76 Å². The van der Waals surface area contributed by atoms with E-state index in [1.165, 1.54) is 11.3 Å². The van der Waals surface area contributed by atoms with E-state index >= 15 is 0 Å². The zero-order chi connectivity index (χ0) is 8.43. The van der Waals surface area contributed by atoms with Crippen LogP contribution in [0.1, 0.15) is 24.5 Å². The maximum absolute atomic E-state index is 10.7. The van der Waals surface area contributed by atoms with Crippen LogP contribution in [0.25, 0.3) is 0 Å². The Morgan fingerprint density at radius 1 is 1.55 bits per heavy atom. The Morgan fingerprint density at radius 2 is 2.18 bits per heavy atom. The van der Waals surface area contributed by atoms with Crippen molar-refractivity contribution in [3.8, 4) is 0 Å². The van der Waals surface area contributed by atoms with Gasteiger partial charge in [0.15, 0.2) is 0 Å². The Morgan fingerprint density at radius 3 is 2.55 bits per heavy atom. The Bertz CT molecular complexity index is 283.